The van der Waals surface area contributed by atoms with Gasteiger partial charge in [-0.1, -0.05) is 16.1 Å². The molecule has 1 aromatic heterocycles. The van der Waals surface area contributed by atoms with Crippen molar-refractivity contribution in [2.24, 2.45) is 0 Å². The first-order valence-corrected chi connectivity index (χ1v) is 9.82. The quantitative estimate of drug-likeness (QED) is 0.731. The predicted octanol–water partition coefficient (Wildman–Crippen LogP) is 2.33. The average Bonchev–Trinajstić information content (AvgIpc) is 3.25. The van der Waals surface area contributed by atoms with E-state index in [-0.39, 0.29) is 17.1 Å². The Morgan fingerprint density at radius 2 is 1.92 bits per heavy atom. The Kier molecular flexibility index (Phi) is 5.14. The monoisotopic (exact) mass is 387 g/mol. The van der Waals surface area contributed by atoms with E-state index in [0.29, 0.717) is 23.1 Å². The highest BCUT2D eigenvalue weighted by molar-refractivity contribution is 7.89. The number of ether oxygens (including phenoxy) is 1. The molecule has 7 nitrogen and oxygen atoms in total. The zero-order valence-electron chi connectivity index (χ0n) is 12.5. The smallest absolute Gasteiger partial charge is 0.338 e. The topological polar surface area (TPSA) is 89.5 Å². The van der Waals surface area contributed by atoms with Crippen molar-refractivity contribution in [1.82, 2.24) is 13.9 Å². The second-order valence-corrected chi connectivity index (χ2v) is 8.50. The fraction of sp³-hybridized carbons (Fsp3) is 0.357. The van der Waals surface area contributed by atoms with E-state index in [2.05, 4.69) is 9.59 Å². The van der Waals surface area contributed by atoms with Crippen molar-refractivity contribution in [2.45, 2.75) is 24.3 Å². The lowest BCUT2D eigenvalue weighted by Crippen LogP contribution is -2.27. The summed E-state index contributed by atoms with van der Waals surface area (Å²) in [4.78, 5) is 12.2. The molecule has 1 aliphatic rings. The van der Waals surface area contributed by atoms with Gasteiger partial charge in [0.2, 0.25) is 10.0 Å². The second-order valence-electron chi connectivity index (χ2n) is 5.21. The lowest BCUT2D eigenvalue weighted by molar-refractivity contribution is 0.0468. The summed E-state index contributed by atoms with van der Waals surface area (Å²) < 4.78 is 35.4. The van der Waals surface area contributed by atoms with Gasteiger partial charge in [0, 0.05) is 24.6 Å². The van der Waals surface area contributed by atoms with Gasteiger partial charge in [-0.3, -0.25) is 0 Å². The number of esters is 1. The van der Waals surface area contributed by atoms with Crippen LogP contribution in [0.5, 0.6) is 0 Å². The standard InChI is InChI=1S/C14H14ClN3O4S2/c15-13-12(16-17-23-13)9-22-14(19)10-3-5-11(6-4-10)24(20,21)18-7-1-2-8-18/h3-6H,1-2,7-9H2. The molecule has 0 radical (unpaired) electrons. The second kappa shape index (κ2) is 7.14. The fourth-order valence-electron chi connectivity index (χ4n) is 2.34. The lowest BCUT2D eigenvalue weighted by Gasteiger charge is -2.15. The molecule has 24 heavy (non-hydrogen) atoms. The summed E-state index contributed by atoms with van der Waals surface area (Å²) in [5.74, 6) is -0.579. The zero-order valence-corrected chi connectivity index (χ0v) is 14.9. The summed E-state index contributed by atoms with van der Waals surface area (Å²) in [6, 6.07) is 5.71. The molecule has 0 aliphatic carbocycles. The SMILES string of the molecule is O=C(OCc1nnsc1Cl)c1ccc(S(=O)(=O)N2CCCC2)cc1. The molecule has 0 bridgehead atoms. The van der Waals surface area contributed by atoms with Crippen molar-refractivity contribution >= 4 is 39.1 Å². The lowest BCUT2D eigenvalue weighted by atomic mass is 10.2. The average molecular weight is 388 g/mol. The summed E-state index contributed by atoms with van der Waals surface area (Å²) in [6.07, 6.45) is 1.75. The van der Waals surface area contributed by atoms with Crippen LogP contribution in [0, 0.1) is 0 Å². The number of benzene rings is 1. The Bertz CT molecular complexity index is 830. The van der Waals surface area contributed by atoms with E-state index in [9.17, 15) is 13.2 Å². The molecule has 0 unspecified atom stereocenters. The molecular formula is C14H14ClN3O4S2. The van der Waals surface area contributed by atoms with E-state index >= 15 is 0 Å². The van der Waals surface area contributed by atoms with Gasteiger partial charge in [-0.2, -0.15) is 4.31 Å². The number of hydrogen-bond donors (Lipinski definition) is 0. The number of sulfonamides is 1. The highest BCUT2D eigenvalue weighted by Gasteiger charge is 2.27. The van der Waals surface area contributed by atoms with Crippen LogP contribution >= 0.6 is 23.1 Å². The van der Waals surface area contributed by atoms with Gasteiger partial charge in [-0.05, 0) is 37.1 Å². The number of rotatable bonds is 5. The van der Waals surface area contributed by atoms with Crippen LogP contribution in [0.3, 0.4) is 0 Å². The molecule has 0 spiro atoms. The Hall–Kier alpha value is -1.55. The van der Waals surface area contributed by atoms with Crippen molar-refractivity contribution in [3.05, 3.63) is 39.9 Å². The first-order valence-electron chi connectivity index (χ1n) is 7.22. The molecular weight excluding hydrogens is 374 g/mol. The molecule has 1 saturated heterocycles. The van der Waals surface area contributed by atoms with Crippen molar-refractivity contribution < 1.29 is 17.9 Å². The van der Waals surface area contributed by atoms with Gasteiger partial charge >= 0.3 is 5.97 Å². The molecule has 0 saturated carbocycles. The van der Waals surface area contributed by atoms with Crippen LogP contribution < -0.4 is 0 Å². The largest absolute Gasteiger partial charge is 0.455 e. The van der Waals surface area contributed by atoms with E-state index in [1.807, 2.05) is 0 Å². The molecule has 0 atom stereocenters. The Morgan fingerprint density at radius 1 is 1.25 bits per heavy atom. The number of hydrogen-bond acceptors (Lipinski definition) is 7. The summed E-state index contributed by atoms with van der Waals surface area (Å²) in [5, 5.41) is 3.75. The minimum absolute atomic E-state index is 0.0814. The maximum absolute atomic E-state index is 12.4. The van der Waals surface area contributed by atoms with E-state index in [1.54, 1.807) is 0 Å². The van der Waals surface area contributed by atoms with Crippen LogP contribution in [0.2, 0.25) is 4.34 Å². The highest BCUT2D eigenvalue weighted by atomic mass is 35.5. The first-order chi connectivity index (χ1) is 11.5. The number of carbonyl (C=O) groups is 1. The number of aromatic nitrogens is 2. The van der Waals surface area contributed by atoms with Crippen LogP contribution in [0.25, 0.3) is 0 Å². The van der Waals surface area contributed by atoms with Crippen molar-refractivity contribution in [2.75, 3.05) is 13.1 Å². The van der Waals surface area contributed by atoms with Crippen LogP contribution in [-0.2, 0) is 21.4 Å². The summed E-state index contributed by atoms with van der Waals surface area (Å²) in [6.45, 7) is 0.991. The molecule has 2 heterocycles. The zero-order chi connectivity index (χ0) is 17.2. The minimum Gasteiger partial charge on any atom is -0.455 e. The van der Waals surface area contributed by atoms with Crippen LogP contribution in [0.4, 0.5) is 0 Å². The van der Waals surface area contributed by atoms with Gasteiger partial charge in [0.1, 0.15) is 16.6 Å². The molecule has 0 N–H and O–H groups in total. The van der Waals surface area contributed by atoms with Crippen molar-refractivity contribution in [3.8, 4) is 0 Å². The summed E-state index contributed by atoms with van der Waals surface area (Å²) in [5.41, 5.74) is 0.651. The normalized spacial score (nSPS) is 15.5. The molecule has 1 fully saturated rings. The molecule has 128 valence electrons. The van der Waals surface area contributed by atoms with E-state index in [1.165, 1.54) is 28.6 Å². The Labute approximate surface area is 148 Å². The minimum atomic E-state index is -3.49. The van der Waals surface area contributed by atoms with Gasteiger partial charge in [0.25, 0.3) is 0 Å². The van der Waals surface area contributed by atoms with Crippen LogP contribution in [0.15, 0.2) is 29.2 Å². The predicted molar refractivity (Wildman–Crippen MR) is 88.5 cm³/mol. The molecule has 1 aliphatic heterocycles. The fourth-order valence-corrected chi connectivity index (χ4v) is 4.46. The van der Waals surface area contributed by atoms with Crippen molar-refractivity contribution in [1.29, 1.82) is 0 Å². The molecule has 10 heteroatoms. The Morgan fingerprint density at radius 3 is 2.50 bits per heavy atom. The third-order valence-electron chi connectivity index (χ3n) is 3.64. The summed E-state index contributed by atoms with van der Waals surface area (Å²) in [7, 11) is -3.49. The van der Waals surface area contributed by atoms with Gasteiger partial charge < -0.3 is 4.74 Å². The first kappa shape index (κ1) is 17.3. The molecule has 1 aromatic carbocycles. The van der Waals surface area contributed by atoms with E-state index in [0.717, 1.165) is 24.4 Å². The maximum Gasteiger partial charge on any atom is 0.338 e. The summed E-state index contributed by atoms with van der Waals surface area (Å²) >= 11 is 6.84. The molecule has 0 amide bonds. The third-order valence-corrected chi connectivity index (χ3v) is 6.54. The molecule has 2 aromatic rings. The van der Waals surface area contributed by atoms with Gasteiger partial charge in [-0.15, -0.1) is 5.10 Å². The van der Waals surface area contributed by atoms with Gasteiger partial charge in [0.15, 0.2) is 0 Å². The van der Waals surface area contributed by atoms with Crippen LogP contribution in [0.1, 0.15) is 28.9 Å². The number of halogens is 1. The number of nitrogens with zero attached hydrogens (tertiary/aromatic N) is 3. The highest BCUT2D eigenvalue weighted by Crippen LogP contribution is 2.22. The third kappa shape index (κ3) is 3.59. The van der Waals surface area contributed by atoms with E-state index < -0.39 is 16.0 Å². The maximum atomic E-state index is 12.4. The van der Waals surface area contributed by atoms with Crippen molar-refractivity contribution in [3.63, 3.8) is 0 Å². The number of carbonyl (C=O) groups excluding carboxylic acids is 1. The Balaban J connectivity index is 1.67. The molecule has 3 rings (SSSR count). The van der Waals surface area contributed by atoms with E-state index in [4.69, 9.17) is 16.3 Å². The van der Waals surface area contributed by atoms with Crippen LogP contribution in [-0.4, -0.2) is 41.4 Å². The van der Waals surface area contributed by atoms with Gasteiger partial charge in [0.05, 0.1) is 10.5 Å². The van der Waals surface area contributed by atoms with Gasteiger partial charge in [-0.25, -0.2) is 13.2 Å².